The molecular formula is C33H28N2. The number of nitrogens with zero attached hydrogens (tertiary/aromatic N) is 1. The summed E-state index contributed by atoms with van der Waals surface area (Å²) in [6.45, 7) is 0.745. The van der Waals surface area contributed by atoms with Crippen molar-refractivity contribution < 1.29 is 0 Å². The zero-order valence-electron chi connectivity index (χ0n) is 19.7. The molecule has 1 aliphatic carbocycles. The summed E-state index contributed by atoms with van der Waals surface area (Å²) in [5, 5.41) is 2.63. The minimum absolute atomic E-state index is 0.745. The van der Waals surface area contributed by atoms with Crippen LogP contribution in [0.5, 0.6) is 0 Å². The molecule has 5 aromatic rings. The highest BCUT2D eigenvalue weighted by Crippen LogP contribution is 2.38. The number of fused-ring (bicyclic) bond motifs is 2. The van der Waals surface area contributed by atoms with Crippen LogP contribution < -0.4 is 10.6 Å². The van der Waals surface area contributed by atoms with Crippen molar-refractivity contribution in [2.24, 2.45) is 0 Å². The van der Waals surface area contributed by atoms with Gasteiger partial charge in [-0.2, -0.15) is 0 Å². The van der Waals surface area contributed by atoms with Gasteiger partial charge in [0.05, 0.1) is 11.4 Å². The molecular weight excluding hydrogens is 424 g/mol. The lowest BCUT2D eigenvalue weighted by molar-refractivity contribution is 0.976. The van der Waals surface area contributed by atoms with Gasteiger partial charge in [-0.15, -0.1) is 0 Å². The maximum Gasteiger partial charge on any atom is 0.0647 e. The van der Waals surface area contributed by atoms with E-state index in [0.29, 0.717) is 0 Å². The van der Waals surface area contributed by atoms with E-state index in [4.69, 9.17) is 5.73 Å². The van der Waals surface area contributed by atoms with Gasteiger partial charge in [-0.25, -0.2) is 0 Å². The fraction of sp³-hybridized carbons (Fsp3) is 0.0909. The first-order valence-corrected chi connectivity index (χ1v) is 12.3. The summed E-state index contributed by atoms with van der Waals surface area (Å²) in [5.74, 6) is 0. The van der Waals surface area contributed by atoms with Crippen LogP contribution in [0.3, 0.4) is 0 Å². The third kappa shape index (κ3) is 4.08. The Morgan fingerprint density at radius 2 is 1.49 bits per heavy atom. The Balaban J connectivity index is 1.40. The van der Waals surface area contributed by atoms with E-state index >= 15 is 0 Å². The van der Waals surface area contributed by atoms with E-state index in [1.54, 1.807) is 0 Å². The maximum atomic E-state index is 6.38. The number of allylic oxidation sites excluding steroid dienone is 1. The lowest BCUT2D eigenvalue weighted by Gasteiger charge is -2.26. The molecule has 5 aromatic carbocycles. The number of nitrogen functional groups attached to an aromatic ring is 1. The summed E-state index contributed by atoms with van der Waals surface area (Å²) < 4.78 is 0. The molecule has 0 aliphatic heterocycles. The number of para-hydroxylation sites is 3. The quantitative estimate of drug-likeness (QED) is 0.271. The molecule has 35 heavy (non-hydrogen) atoms. The van der Waals surface area contributed by atoms with Gasteiger partial charge in [0.15, 0.2) is 0 Å². The number of rotatable bonds is 5. The molecule has 0 atom stereocenters. The predicted molar refractivity (Wildman–Crippen MR) is 150 cm³/mol. The van der Waals surface area contributed by atoms with Crippen LogP contribution in [-0.2, 0) is 13.0 Å². The standard InChI is InChI=1S/C33H28N2/c34-31-16-8-9-17-32(31)35(28-12-2-1-3-13-28)23-24-18-20-25(21-19-24)33-29-14-6-4-10-26(29)22-27-11-5-7-15-30(27)33/h1-6,8-14,16-22H,7,15,23,34H2. The zero-order chi connectivity index (χ0) is 23.6. The number of nitrogens with two attached hydrogens (primary N) is 1. The van der Waals surface area contributed by atoms with Crippen molar-refractivity contribution >= 4 is 33.9 Å². The van der Waals surface area contributed by atoms with Crippen LogP contribution in [0.15, 0.2) is 115 Å². The van der Waals surface area contributed by atoms with Gasteiger partial charge in [0.25, 0.3) is 0 Å². The number of hydrogen-bond acceptors (Lipinski definition) is 2. The second kappa shape index (κ2) is 9.15. The summed E-state index contributed by atoms with van der Waals surface area (Å²) in [4.78, 5) is 2.29. The Morgan fingerprint density at radius 3 is 2.31 bits per heavy atom. The smallest absolute Gasteiger partial charge is 0.0647 e. The molecule has 0 bridgehead atoms. The first-order chi connectivity index (χ1) is 17.3. The Hall–Kier alpha value is -4.30. The van der Waals surface area contributed by atoms with E-state index in [-0.39, 0.29) is 0 Å². The summed E-state index contributed by atoms with van der Waals surface area (Å²) in [5.41, 5.74) is 16.0. The van der Waals surface area contributed by atoms with Gasteiger partial charge in [0.1, 0.15) is 0 Å². The molecule has 170 valence electrons. The van der Waals surface area contributed by atoms with Crippen molar-refractivity contribution in [2.45, 2.75) is 19.4 Å². The minimum Gasteiger partial charge on any atom is -0.397 e. The van der Waals surface area contributed by atoms with E-state index in [2.05, 4.69) is 102 Å². The summed E-state index contributed by atoms with van der Waals surface area (Å²) in [6.07, 6.45) is 6.76. The summed E-state index contributed by atoms with van der Waals surface area (Å²) in [7, 11) is 0. The van der Waals surface area contributed by atoms with Crippen LogP contribution in [0.2, 0.25) is 0 Å². The minimum atomic E-state index is 0.745. The summed E-state index contributed by atoms with van der Waals surface area (Å²) >= 11 is 0. The Bertz CT molecular complexity index is 1510. The van der Waals surface area contributed by atoms with E-state index < -0.39 is 0 Å². The van der Waals surface area contributed by atoms with Crippen molar-refractivity contribution in [1.29, 1.82) is 0 Å². The molecule has 0 saturated carbocycles. The van der Waals surface area contributed by atoms with Gasteiger partial charge in [0.2, 0.25) is 0 Å². The van der Waals surface area contributed by atoms with Crippen molar-refractivity contribution in [3.8, 4) is 11.1 Å². The SMILES string of the molecule is Nc1ccccc1N(Cc1ccc(-c2c3c(cc4ccccc24)C=CCC3)cc1)c1ccccc1. The number of benzene rings is 5. The largest absolute Gasteiger partial charge is 0.397 e. The molecule has 0 aromatic heterocycles. The third-order valence-corrected chi connectivity index (χ3v) is 6.93. The van der Waals surface area contributed by atoms with Crippen LogP contribution >= 0.6 is 0 Å². The lowest BCUT2D eigenvalue weighted by Crippen LogP contribution is -2.17. The molecule has 2 N–H and O–H groups in total. The van der Waals surface area contributed by atoms with E-state index in [1.165, 1.54) is 38.6 Å². The molecule has 0 fully saturated rings. The van der Waals surface area contributed by atoms with Crippen molar-refractivity contribution in [3.05, 3.63) is 132 Å². The topological polar surface area (TPSA) is 29.3 Å². The van der Waals surface area contributed by atoms with Gasteiger partial charge in [-0.1, -0.05) is 91.0 Å². The zero-order valence-corrected chi connectivity index (χ0v) is 19.7. The number of hydrogen-bond donors (Lipinski definition) is 1. The van der Waals surface area contributed by atoms with Crippen LogP contribution in [0.4, 0.5) is 17.1 Å². The molecule has 0 heterocycles. The highest BCUT2D eigenvalue weighted by atomic mass is 15.1. The van der Waals surface area contributed by atoms with Gasteiger partial charge < -0.3 is 10.6 Å². The Morgan fingerprint density at radius 1 is 0.743 bits per heavy atom. The van der Waals surface area contributed by atoms with Crippen molar-refractivity contribution in [2.75, 3.05) is 10.6 Å². The van der Waals surface area contributed by atoms with E-state index in [1.807, 2.05) is 24.3 Å². The van der Waals surface area contributed by atoms with Crippen LogP contribution in [0.1, 0.15) is 23.1 Å². The average Bonchev–Trinajstić information content (AvgIpc) is 2.92. The van der Waals surface area contributed by atoms with Crippen molar-refractivity contribution in [1.82, 2.24) is 0 Å². The number of anilines is 3. The Labute approximate surface area is 207 Å². The molecule has 1 aliphatic rings. The maximum absolute atomic E-state index is 6.38. The molecule has 0 unspecified atom stereocenters. The third-order valence-electron chi connectivity index (χ3n) is 6.93. The first kappa shape index (κ1) is 21.2. The lowest BCUT2D eigenvalue weighted by atomic mass is 9.85. The van der Waals surface area contributed by atoms with Gasteiger partial charge in [-0.3, -0.25) is 0 Å². The van der Waals surface area contributed by atoms with E-state index in [0.717, 1.165) is 36.4 Å². The first-order valence-electron chi connectivity index (χ1n) is 12.3. The van der Waals surface area contributed by atoms with Gasteiger partial charge >= 0.3 is 0 Å². The molecule has 2 nitrogen and oxygen atoms in total. The molecule has 6 rings (SSSR count). The molecule has 2 heteroatoms. The van der Waals surface area contributed by atoms with Gasteiger partial charge in [-0.05, 0) is 81.8 Å². The highest BCUT2D eigenvalue weighted by Gasteiger charge is 2.17. The highest BCUT2D eigenvalue weighted by molar-refractivity contribution is 6.00. The summed E-state index contributed by atoms with van der Waals surface area (Å²) in [6, 6.07) is 38.7. The van der Waals surface area contributed by atoms with Gasteiger partial charge in [0, 0.05) is 12.2 Å². The molecule has 0 spiro atoms. The fourth-order valence-electron chi connectivity index (χ4n) is 5.21. The van der Waals surface area contributed by atoms with Crippen molar-refractivity contribution in [3.63, 3.8) is 0 Å². The monoisotopic (exact) mass is 452 g/mol. The molecule has 0 radical (unpaired) electrons. The normalized spacial score (nSPS) is 12.5. The van der Waals surface area contributed by atoms with Crippen LogP contribution in [0.25, 0.3) is 28.0 Å². The Kier molecular flexibility index (Phi) is 5.56. The van der Waals surface area contributed by atoms with Crippen LogP contribution in [0, 0.1) is 0 Å². The fourth-order valence-corrected chi connectivity index (χ4v) is 5.21. The second-order valence-electron chi connectivity index (χ2n) is 9.16. The average molecular weight is 453 g/mol. The molecule has 0 saturated heterocycles. The van der Waals surface area contributed by atoms with E-state index in [9.17, 15) is 0 Å². The molecule has 0 amide bonds. The predicted octanol–water partition coefficient (Wildman–Crippen LogP) is 8.39. The van der Waals surface area contributed by atoms with Crippen LogP contribution in [-0.4, -0.2) is 0 Å². The second-order valence-corrected chi connectivity index (χ2v) is 9.16.